The summed E-state index contributed by atoms with van der Waals surface area (Å²) >= 11 is 0. The van der Waals surface area contributed by atoms with Crippen LogP contribution < -0.4 is 15.0 Å². The number of pyridine rings is 1. The molecule has 6 nitrogen and oxygen atoms in total. The topological polar surface area (TPSA) is 88.3 Å². The fourth-order valence-corrected chi connectivity index (χ4v) is 3.86. The number of sulfonamides is 1. The third kappa shape index (κ3) is 6.14. The lowest BCUT2D eigenvalue weighted by Crippen LogP contribution is -2.15. The maximum atomic E-state index is 12.9. The van der Waals surface area contributed by atoms with E-state index >= 15 is 0 Å². The van der Waals surface area contributed by atoms with E-state index in [1.54, 1.807) is 31.2 Å². The van der Waals surface area contributed by atoms with E-state index in [2.05, 4.69) is 9.71 Å². The van der Waals surface area contributed by atoms with Crippen LogP contribution in [0.15, 0.2) is 53.3 Å². The van der Waals surface area contributed by atoms with E-state index in [0.29, 0.717) is 16.9 Å². The molecule has 0 spiro atoms. The van der Waals surface area contributed by atoms with E-state index in [-0.39, 0.29) is 22.4 Å². The van der Waals surface area contributed by atoms with E-state index in [0.717, 1.165) is 19.4 Å². The van der Waals surface area contributed by atoms with E-state index in [1.807, 2.05) is 0 Å². The molecule has 3 aromatic rings. The first kappa shape index (κ1) is 14.8. The van der Waals surface area contributed by atoms with Crippen LogP contribution in [0.3, 0.4) is 0 Å². The van der Waals surface area contributed by atoms with Gasteiger partial charge in [0, 0.05) is 40.4 Å². The van der Waals surface area contributed by atoms with Crippen LogP contribution in [0.4, 0.5) is 5.69 Å². The minimum absolute atomic E-state index is 0.0471. The maximum Gasteiger partial charge on any atom is 0.256 e. The molecule has 0 aliphatic heterocycles. The Morgan fingerprint density at radius 2 is 1.76 bits per heavy atom. The van der Waals surface area contributed by atoms with Crippen LogP contribution in [0.25, 0.3) is 23.3 Å². The summed E-state index contributed by atoms with van der Waals surface area (Å²) in [5.41, 5.74) is -2.95. The molecule has 0 radical (unpaired) electrons. The van der Waals surface area contributed by atoms with Crippen LogP contribution in [0.5, 0.6) is 5.75 Å². The zero-order valence-corrected chi connectivity index (χ0v) is 19.1. The number of methoxy groups -OCH3 is 1. The Labute approximate surface area is 208 Å². The molecule has 1 heterocycles. The van der Waals surface area contributed by atoms with Crippen LogP contribution in [-0.2, 0) is 15.4 Å². The first-order chi connectivity index (χ1) is 19.1. The van der Waals surface area contributed by atoms with Crippen molar-refractivity contribution in [1.29, 1.82) is 0 Å². The average Bonchev–Trinajstić information content (AvgIpc) is 2.80. The number of hydrogen-bond donors (Lipinski definition) is 2. The Hall–Kier alpha value is -3.32. The van der Waals surface area contributed by atoms with Crippen molar-refractivity contribution in [1.82, 2.24) is 4.98 Å². The molecule has 0 unspecified atom stereocenters. The summed E-state index contributed by atoms with van der Waals surface area (Å²) < 4.78 is 105. The monoisotopic (exact) mass is 475 g/mol. The quantitative estimate of drug-likeness (QED) is 0.480. The molecule has 3 rings (SSSR count). The highest BCUT2D eigenvalue weighted by Gasteiger charge is 2.22. The van der Waals surface area contributed by atoms with Gasteiger partial charge in [0.15, 0.2) is 0 Å². The van der Waals surface area contributed by atoms with Crippen molar-refractivity contribution in [3.05, 3.63) is 81.3 Å². The normalized spacial score (nSPS) is 17.4. The van der Waals surface area contributed by atoms with E-state index in [9.17, 15) is 13.2 Å². The lowest BCUT2D eigenvalue weighted by Gasteiger charge is -2.24. The molecule has 0 saturated heterocycles. The molecule has 0 atom stereocenters. The van der Waals surface area contributed by atoms with Crippen LogP contribution >= 0.6 is 0 Å². The SMILES string of the molecule is [2H]C([2H])([2H])C(c1cc(-c2ccc(C)[nH]c2=O)cc(/C=C/c2ccc(NS(C)(=O)=O)cc2)c1OC)(C([2H])([2H])[2H])C([2H])([2H])[2H]. The maximum absolute atomic E-state index is 12.9. The summed E-state index contributed by atoms with van der Waals surface area (Å²) in [6.07, 6.45) is 4.02. The van der Waals surface area contributed by atoms with Gasteiger partial charge in [-0.2, -0.15) is 0 Å². The molecule has 0 aliphatic carbocycles. The summed E-state index contributed by atoms with van der Waals surface area (Å²) in [7, 11) is -2.34. The summed E-state index contributed by atoms with van der Waals surface area (Å²) in [4.78, 5) is 15.5. The molecule has 0 bridgehead atoms. The summed E-state index contributed by atoms with van der Waals surface area (Å²) in [5.74, 6) is -0.308. The number of ether oxygens (including phenoxy) is 1. The second-order valence-corrected chi connectivity index (χ2v) is 9.36. The van der Waals surface area contributed by atoms with Crippen LogP contribution in [0.1, 0.15) is 55.3 Å². The van der Waals surface area contributed by atoms with Crippen LogP contribution in [0.2, 0.25) is 0 Å². The Morgan fingerprint density at radius 1 is 1.06 bits per heavy atom. The first-order valence-corrected chi connectivity index (χ1v) is 11.7. The molecule has 33 heavy (non-hydrogen) atoms. The van der Waals surface area contributed by atoms with Crippen LogP contribution in [0, 0.1) is 6.92 Å². The number of nitrogens with one attached hydrogen (secondary N) is 2. The third-order valence-corrected chi connectivity index (χ3v) is 5.37. The number of anilines is 1. The standard InChI is InChI=1S/C26H30N2O4S/c1-17-7-14-22(25(29)27-17)20-15-19(24(32-5)23(16-20)26(2,3)4)11-8-18-9-12-21(13-10-18)28-33(6,30)31/h7-16,28H,1-6H3,(H,27,29)/b11-8+/i2D3,3D3,4D3. The summed E-state index contributed by atoms with van der Waals surface area (Å²) in [6.45, 7) is -9.06. The van der Waals surface area contributed by atoms with Crippen molar-refractivity contribution in [2.75, 3.05) is 18.1 Å². The fourth-order valence-electron chi connectivity index (χ4n) is 3.30. The van der Waals surface area contributed by atoms with E-state index in [1.165, 1.54) is 30.3 Å². The predicted molar refractivity (Wildman–Crippen MR) is 136 cm³/mol. The summed E-state index contributed by atoms with van der Waals surface area (Å²) in [5, 5.41) is 0. The molecule has 0 aliphatic rings. The van der Waals surface area contributed by atoms with E-state index < -0.39 is 47.1 Å². The van der Waals surface area contributed by atoms with Gasteiger partial charge in [-0.25, -0.2) is 8.42 Å². The minimum atomic E-state index is -3.57. The Morgan fingerprint density at radius 3 is 2.33 bits per heavy atom. The van der Waals surface area contributed by atoms with Crippen molar-refractivity contribution in [2.45, 2.75) is 32.9 Å². The molecule has 0 amide bonds. The molecule has 2 N–H and O–H groups in total. The zero-order chi connectivity index (χ0) is 31.9. The van der Waals surface area contributed by atoms with Crippen molar-refractivity contribution < 1.29 is 25.5 Å². The van der Waals surface area contributed by atoms with Gasteiger partial charge in [-0.1, -0.05) is 44.8 Å². The van der Waals surface area contributed by atoms with E-state index in [4.69, 9.17) is 17.1 Å². The number of hydrogen-bond acceptors (Lipinski definition) is 4. The van der Waals surface area contributed by atoms with Gasteiger partial charge >= 0.3 is 0 Å². The van der Waals surface area contributed by atoms with Crippen molar-refractivity contribution >= 4 is 27.9 Å². The first-order valence-electron chi connectivity index (χ1n) is 14.3. The second-order valence-electron chi connectivity index (χ2n) is 7.61. The third-order valence-electron chi connectivity index (χ3n) is 4.76. The van der Waals surface area contributed by atoms with Gasteiger partial charge in [0.1, 0.15) is 5.75 Å². The van der Waals surface area contributed by atoms with Gasteiger partial charge in [-0.15, -0.1) is 0 Å². The highest BCUT2D eigenvalue weighted by Crippen LogP contribution is 2.38. The van der Waals surface area contributed by atoms with Crippen molar-refractivity contribution in [2.24, 2.45) is 0 Å². The minimum Gasteiger partial charge on any atom is -0.496 e. The molecule has 2 aromatic carbocycles. The van der Waals surface area contributed by atoms with Gasteiger partial charge in [0.05, 0.1) is 13.4 Å². The summed E-state index contributed by atoms with van der Waals surface area (Å²) in [6, 6.07) is 11.8. The van der Waals surface area contributed by atoms with Gasteiger partial charge in [-0.3, -0.25) is 9.52 Å². The average molecular weight is 476 g/mol. The Kier molecular flexibility index (Phi) is 4.15. The smallest absolute Gasteiger partial charge is 0.256 e. The molecule has 1 aromatic heterocycles. The fraction of sp³-hybridized carbons (Fsp3) is 0.269. The highest BCUT2D eigenvalue weighted by molar-refractivity contribution is 7.92. The number of aromatic amines is 1. The predicted octanol–water partition coefficient (Wildman–Crippen LogP) is 5.20. The number of rotatable bonds is 6. The van der Waals surface area contributed by atoms with Crippen LogP contribution in [-0.4, -0.2) is 26.8 Å². The largest absolute Gasteiger partial charge is 0.496 e. The zero-order valence-electron chi connectivity index (χ0n) is 27.3. The van der Waals surface area contributed by atoms with Crippen molar-refractivity contribution in [3.8, 4) is 16.9 Å². The lowest BCUT2D eigenvalue weighted by molar-refractivity contribution is 0.397. The number of aryl methyl sites for hydroxylation is 1. The lowest BCUT2D eigenvalue weighted by atomic mass is 9.83. The molecule has 174 valence electrons. The molecule has 0 fully saturated rings. The number of aromatic nitrogens is 1. The molecule has 0 saturated carbocycles. The Bertz CT molecular complexity index is 1620. The van der Waals surface area contributed by atoms with Gasteiger partial charge in [0.25, 0.3) is 5.56 Å². The number of H-pyrrole nitrogens is 1. The molecular weight excluding hydrogens is 436 g/mol. The van der Waals surface area contributed by atoms with Gasteiger partial charge in [-0.05, 0) is 59.9 Å². The highest BCUT2D eigenvalue weighted by atomic mass is 32.2. The second kappa shape index (κ2) is 9.27. The van der Waals surface area contributed by atoms with Crippen molar-refractivity contribution in [3.63, 3.8) is 0 Å². The van der Waals surface area contributed by atoms with Gasteiger partial charge < -0.3 is 9.72 Å². The Balaban J connectivity index is 2.41. The number of benzene rings is 2. The van der Waals surface area contributed by atoms with Gasteiger partial charge in [0.2, 0.25) is 10.0 Å². The molecular formula is C26H30N2O4S. The molecule has 7 heteroatoms.